The molecule has 124 valence electrons. The molecule has 1 aliphatic heterocycles. The molecule has 0 amide bonds. The molecule has 0 spiro atoms. The number of aryl methyl sites for hydroxylation is 1. The lowest BCUT2D eigenvalue weighted by Gasteiger charge is -2.27. The predicted molar refractivity (Wildman–Crippen MR) is 85.5 cm³/mol. The molecule has 1 unspecified atom stereocenters. The van der Waals surface area contributed by atoms with Crippen molar-refractivity contribution in [3.63, 3.8) is 0 Å². The van der Waals surface area contributed by atoms with Crippen LogP contribution in [-0.4, -0.2) is 57.4 Å². The molecule has 0 aliphatic carbocycles. The number of hydrogen-bond donors (Lipinski definition) is 0. The van der Waals surface area contributed by atoms with Gasteiger partial charge in [0.05, 0.1) is 17.4 Å². The van der Waals surface area contributed by atoms with Crippen molar-refractivity contribution in [2.45, 2.75) is 18.9 Å². The number of aromatic nitrogens is 4. The van der Waals surface area contributed by atoms with Gasteiger partial charge in [0.25, 0.3) is 10.2 Å². The Hall–Kier alpha value is -1.84. The van der Waals surface area contributed by atoms with E-state index in [4.69, 9.17) is 0 Å². The van der Waals surface area contributed by atoms with Gasteiger partial charge < -0.3 is 0 Å². The summed E-state index contributed by atoms with van der Waals surface area (Å²) in [6, 6.07) is 1.55. The minimum absolute atomic E-state index is 0.305. The molecule has 0 radical (unpaired) electrons. The van der Waals surface area contributed by atoms with Crippen molar-refractivity contribution in [1.82, 2.24) is 28.4 Å². The lowest BCUT2D eigenvalue weighted by molar-refractivity contribution is 0.358. The molecule has 0 bridgehead atoms. The first-order chi connectivity index (χ1) is 10.9. The third-order valence-electron chi connectivity index (χ3n) is 4.07. The quantitative estimate of drug-likeness (QED) is 0.825. The number of rotatable bonds is 4. The van der Waals surface area contributed by atoms with Gasteiger partial charge >= 0.3 is 0 Å². The van der Waals surface area contributed by atoms with Gasteiger partial charge in [0.15, 0.2) is 0 Å². The van der Waals surface area contributed by atoms with E-state index in [1.807, 2.05) is 13.1 Å². The van der Waals surface area contributed by atoms with E-state index < -0.39 is 10.2 Å². The van der Waals surface area contributed by atoms with Crippen LogP contribution in [0.25, 0.3) is 11.4 Å². The largest absolute Gasteiger partial charge is 0.282 e. The summed E-state index contributed by atoms with van der Waals surface area (Å²) < 4.78 is 29.6. The van der Waals surface area contributed by atoms with Crippen LogP contribution < -0.4 is 0 Å². The third kappa shape index (κ3) is 2.75. The van der Waals surface area contributed by atoms with Crippen molar-refractivity contribution in [3.8, 4) is 11.4 Å². The predicted octanol–water partition coefficient (Wildman–Crippen LogP) is 0.820. The highest BCUT2D eigenvalue weighted by atomic mass is 32.2. The Kier molecular flexibility index (Phi) is 4.17. The highest BCUT2D eigenvalue weighted by Gasteiger charge is 2.38. The van der Waals surface area contributed by atoms with Crippen LogP contribution in [0.5, 0.6) is 0 Å². The van der Waals surface area contributed by atoms with Gasteiger partial charge in [0, 0.05) is 46.3 Å². The summed E-state index contributed by atoms with van der Waals surface area (Å²) in [5.74, 6) is 0. The van der Waals surface area contributed by atoms with Crippen molar-refractivity contribution in [3.05, 3.63) is 30.4 Å². The second kappa shape index (κ2) is 5.99. The molecule has 8 nitrogen and oxygen atoms in total. The molecule has 9 heteroatoms. The molecule has 1 atom stereocenters. The Morgan fingerprint density at radius 3 is 2.61 bits per heavy atom. The Labute approximate surface area is 135 Å². The average molecular weight is 336 g/mol. The third-order valence-corrected chi connectivity index (χ3v) is 6.02. The summed E-state index contributed by atoms with van der Waals surface area (Å²) in [7, 11) is 1.43. The highest BCUT2D eigenvalue weighted by Crippen LogP contribution is 2.37. The molecule has 1 fully saturated rings. The Morgan fingerprint density at radius 2 is 1.96 bits per heavy atom. The molecular formula is C14H20N6O2S. The van der Waals surface area contributed by atoms with E-state index in [1.54, 1.807) is 37.4 Å². The lowest BCUT2D eigenvalue weighted by Crippen LogP contribution is -2.39. The van der Waals surface area contributed by atoms with E-state index in [2.05, 4.69) is 15.1 Å². The van der Waals surface area contributed by atoms with Crippen molar-refractivity contribution >= 4 is 10.2 Å². The van der Waals surface area contributed by atoms with E-state index >= 15 is 0 Å². The molecule has 1 saturated heterocycles. The van der Waals surface area contributed by atoms with Crippen molar-refractivity contribution in [2.75, 3.05) is 20.6 Å². The van der Waals surface area contributed by atoms with Gasteiger partial charge in [0.1, 0.15) is 5.69 Å². The van der Waals surface area contributed by atoms with Crippen LogP contribution in [0.4, 0.5) is 0 Å². The average Bonchev–Trinajstić information content (AvgIpc) is 3.16. The van der Waals surface area contributed by atoms with Crippen LogP contribution in [0.1, 0.15) is 24.6 Å². The monoisotopic (exact) mass is 336 g/mol. The van der Waals surface area contributed by atoms with Crippen LogP contribution in [0.3, 0.4) is 0 Å². The summed E-state index contributed by atoms with van der Waals surface area (Å²) in [4.78, 5) is 8.88. The fraction of sp³-hybridized carbons (Fsp3) is 0.500. The number of nitrogens with zero attached hydrogens (tertiary/aromatic N) is 6. The smallest absolute Gasteiger partial charge is 0.266 e. The van der Waals surface area contributed by atoms with Crippen LogP contribution in [0.2, 0.25) is 0 Å². The van der Waals surface area contributed by atoms with Gasteiger partial charge in [-0.15, -0.1) is 0 Å². The van der Waals surface area contributed by atoms with E-state index in [1.165, 1.54) is 8.61 Å². The van der Waals surface area contributed by atoms with Crippen molar-refractivity contribution < 1.29 is 8.42 Å². The molecule has 23 heavy (non-hydrogen) atoms. The lowest BCUT2D eigenvalue weighted by atomic mass is 10.1. The van der Waals surface area contributed by atoms with Gasteiger partial charge in [-0.05, 0) is 18.9 Å². The molecule has 3 rings (SSSR count). The van der Waals surface area contributed by atoms with E-state index in [-0.39, 0.29) is 6.04 Å². The van der Waals surface area contributed by atoms with Gasteiger partial charge in [-0.1, -0.05) is 0 Å². The summed E-state index contributed by atoms with van der Waals surface area (Å²) in [6.07, 6.45) is 6.45. The topological polar surface area (TPSA) is 84.2 Å². The Morgan fingerprint density at radius 1 is 1.22 bits per heavy atom. The molecular weight excluding hydrogens is 316 g/mol. The van der Waals surface area contributed by atoms with Crippen molar-refractivity contribution in [1.29, 1.82) is 0 Å². The summed E-state index contributed by atoms with van der Waals surface area (Å²) in [6.45, 7) is 0.493. The first kappa shape index (κ1) is 16.0. The summed E-state index contributed by atoms with van der Waals surface area (Å²) >= 11 is 0. The SMILES string of the molecule is CN(C)S(=O)(=O)N1CCCC1c1nccnc1-c1ccnn1C. The van der Waals surface area contributed by atoms with Crippen LogP contribution in [0.15, 0.2) is 24.7 Å². The fourth-order valence-corrected chi connectivity index (χ4v) is 4.20. The minimum Gasteiger partial charge on any atom is -0.266 e. The minimum atomic E-state index is -3.49. The second-order valence-corrected chi connectivity index (χ2v) is 7.78. The maximum atomic E-state index is 12.6. The normalized spacial score (nSPS) is 19.6. The van der Waals surface area contributed by atoms with E-state index in [0.717, 1.165) is 18.5 Å². The molecule has 3 heterocycles. The van der Waals surface area contributed by atoms with Crippen molar-refractivity contribution in [2.24, 2.45) is 7.05 Å². The van der Waals surface area contributed by atoms with E-state index in [9.17, 15) is 8.42 Å². The van der Waals surface area contributed by atoms with Crippen LogP contribution in [0, 0.1) is 0 Å². The maximum Gasteiger partial charge on any atom is 0.282 e. The zero-order valence-electron chi connectivity index (χ0n) is 13.4. The van der Waals surface area contributed by atoms with Crippen LogP contribution in [-0.2, 0) is 17.3 Å². The highest BCUT2D eigenvalue weighted by molar-refractivity contribution is 7.86. The van der Waals surface area contributed by atoms with Crippen LogP contribution >= 0.6 is 0 Å². The molecule has 0 saturated carbocycles. The van der Waals surface area contributed by atoms with Gasteiger partial charge in [-0.3, -0.25) is 14.6 Å². The van der Waals surface area contributed by atoms with E-state index in [0.29, 0.717) is 17.9 Å². The van der Waals surface area contributed by atoms with Gasteiger partial charge in [0.2, 0.25) is 0 Å². The standard InChI is InChI=1S/C14H20N6O2S/c1-18(2)23(21,22)20-10-4-5-12(20)14-13(15-8-9-16-14)11-6-7-17-19(11)3/h6-9,12H,4-5,10H2,1-3H3. The molecule has 2 aromatic rings. The van der Waals surface area contributed by atoms with Gasteiger partial charge in [-0.2, -0.15) is 22.1 Å². The molecule has 2 aromatic heterocycles. The maximum absolute atomic E-state index is 12.6. The second-order valence-electron chi connectivity index (χ2n) is 5.69. The zero-order valence-corrected chi connectivity index (χ0v) is 14.2. The first-order valence-corrected chi connectivity index (χ1v) is 8.81. The Balaban J connectivity index is 2.07. The first-order valence-electron chi connectivity index (χ1n) is 7.41. The molecule has 0 N–H and O–H groups in total. The molecule has 0 aromatic carbocycles. The summed E-state index contributed by atoms with van der Waals surface area (Å²) in [5.41, 5.74) is 2.18. The van der Waals surface area contributed by atoms with Gasteiger partial charge in [-0.25, -0.2) is 0 Å². The Bertz CT molecular complexity index is 801. The summed E-state index contributed by atoms with van der Waals surface area (Å²) in [5, 5.41) is 4.17. The number of hydrogen-bond acceptors (Lipinski definition) is 5. The molecule has 1 aliphatic rings. The zero-order chi connectivity index (χ0) is 16.6. The fourth-order valence-electron chi connectivity index (χ4n) is 2.90.